The van der Waals surface area contributed by atoms with Crippen LogP contribution in [0.25, 0.3) is 6.08 Å². The van der Waals surface area contributed by atoms with Gasteiger partial charge in [0.15, 0.2) is 0 Å². The van der Waals surface area contributed by atoms with Crippen LogP contribution in [-0.4, -0.2) is 9.62 Å². The Hall–Kier alpha value is -0.870. The van der Waals surface area contributed by atoms with E-state index in [1.807, 2.05) is 30.3 Å². The van der Waals surface area contributed by atoms with E-state index in [9.17, 15) is 4.79 Å². The summed E-state index contributed by atoms with van der Waals surface area (Å²) in [4.78, 5) is 11.0. The zero-order valence-corrected chi connectivity index (χ0v) is 8.58. The first kappa shape index (κ1) is 10.2. The molecule has 0 bridgehead atoms. The number of benzene rings is 1. The van der Waals surface area contributed by atoms with Crippen LogP contribution < -0.4 is 0 Å². The van der Waals surface area contributed by atoms with Gasteiger partial charge in [0.2, 0.25) is 0 Å². The Kier molecular flexibility index (Phi) is 3.92. The minimum Gasteiger partial charge on any atom is -0.268 e. The molecule has 0 saturated heterocycles. The first-order chi connectivity index (χ1) is 6.20. The lowest BCUT2D eigenvalue weighted by Crippen LogP contribution is -2.06. The maximum Gasteiger partial charge on any atom is 0.266 e. The fraction of sp³-hybridized carbons (Fsp3) is 0. The first-order valence-corrected chi connectivity index (χ1v) is 4.45. The zero-order chi connectivity index (χ0) is 9.68. The highest BCUT2D eigenvalue weighted by molar-refractivity contribution is 7.94. The molecule has 13 heavy (non-hydrogen) atoms. The fourth-order valence-electron chi connectivity index (χ4n) is 0.798. The Morgan fingerprint density at radius 1 is 1.23 bits per heavy atom. The van der Waals surface area contributed by atoms with Crippen LogP contribution in [0.3, 0.4) is 0 Å². The van der Waals surface area contributed by atoms with Crippen molar-refractivity contribution in [3.8, 4) is 0 Å². The van der Waals surface area contributed by atoms with Gasteiger partial charge in [0.05, 0.1) is 0 Å². The number of carbonyl (C=O) groups is 1. The molecule has 2 nitrogen and oxygen atoms in total. The van der Waals surface area contributed by atoms with Gasteiger partial charge in [-0.05, 0) is 11.6 Å². The standard InChI is InChI=1S/C9H9NOS2/c11-9(10(12)13)7-6-8-4-2-1-3-5-8/h1-7,12-13H. The number of carbonyl (C=O) groups excluding carboxylic acids is 1. The van der Waals surface area contributed by atoms with Gasteiger partial charge in [0, 0.05) is 6.08 Å². The van der Waals surface area contributed by atoms with E-state index in [0.29, 0.717) is 0 Å². The van der Waals surface area contributed by atoms with Gasteiger partial charge in [0.1, 0.15) is 0 Å². The van der Waals surface area contributed by atoms with Gasteiger partial charge in [-0.25, -0.2) is 3.71 Å². The molecule has 0 radical (unpaired) electrons. The van der Waals surface area contributed by atoms with Crippen LogP contribution in [0.15, 0.2) is 36.4 Å². The molecule has 1 aromatic carbocycles. The average molecular weight is 211 g/mol. The van der Waals surface area contributed by atoms with Crippen molar-refractivity contribution in [3.05, 3.63) is 42.0 Å². The van der Waals surface area contributed by atoms with Crippen LogP contribution in [0, 0.1) is 0 Å². The molecule has 1 rings (SSSR count). The number of hydrogen-bond donors (Lipinski definition) is 2. The van der Waals surface area contributed by atoms with Crippen molar-refractivity contribution in [3.63, 3.8) is 0 Å². The molecular formula is C9H9NOS2. The lowest BCUT2D eigenvalue weighted by Gasteiger charge is -2.01. The SMILES string of the molecule is O=C(C=Cc1ccccc1)N(S)S. The van der Waals surface area contributed by atoms with Crippen molar-refractivity contribution in [2.45, 2.75) is 0 Å². The second-order valence-corrected chi connectivity index (χ2v) is 3.49. The molecule has 4 heteroatoms. The van der Waals surface area contributed by atoms with Crippen molar-refractivity contribution in [2.24, 2.45) is 0 Å². The number of rotatable bonds is 2. The number of nitrogens with zero attached hydrogens (tertiary/aromatic N) is 1. The Bertz CT molecular complexity index is 309. The van der Waals surface area contributed by atoms with Crippen LogP contribution in [0.2, 0.25) is 0 Å². The predicted molar refractivity (Wildman–Crippen MR) is 60.3 cm³/mol. The second-order valence-electron chi connectivity index (χ2n) is 2.37. The van der Waals surface area contributed by atoms with Gasteiger partial charge < -0.3 is 0 Å². The topological polar surface area (TPSA) is 20.3 Å². The number of thiol groups is 2. The maximum atomic E-state index is 11.0. The molecule has 0 aliphatic carbocycles. The third-order valence-corrected chi connectivity index (χ3v) is 1.81. The van der Waals surface area contributed by atoms with Crippen LogP contribution >= 0.6 is 25.6 Å². The quantitative estimate of drug-likeness (QED) is 0.568. The predicted octanol–water partition coefficient (Wildman–Crippen LogP) is 2.22. The van der Waals surface area contributed by atoms with Crippen molar-refractivity contribution < 1.29 is 4.79 Å². The summed E-state index contributed by atoms with van der Waals surface area (Å²) >= 11 is 7.47. The largest absolute Gasteiger partial charge is 0.268 e. The summed E-state index contributed by atoms with van der Waals surface area (Å²) in [7, 11) is 0. The first-order valence-electron chi connectivity index (χ1n) is 3.65. The molecule has 0 spiro atoms. The zero-order valence-electron chi connectivity index (χ0n) is 6.79. The summed E-state index contributed by atoms with van der Waals surface area (Å²) in [6, 6.07) is 9.55. The molecule has 0 N–H and O–H groups in total. The number of hydrogen-bond acceptors (Lipinski definition) is 3. The van der Waals surface area contributed by atoms with Crippen molar-refractivity contribution in [2.75, 3.05) is 0 Å². The van der Waals surface area contributed by atoms with Gasteiger partial charge in [-0.2, -0.15) is 0 Å². The van der Waals surface area contributed by atoms with Gasteiger partial charge in [-0.15, -0.1) is 0 Å². The molecule has 0 aliphatic rings. The van der Waals surface area contributed by atoms with Crippen LogP contribution in [0.1, 0.15) is 5.56 Å². The van der Waals surface area contributed by atoms with E-state index in [4.69, 9.17) is 0 Å². The molecule has 0 atom stereocenters. The molecule has 1 aromatic rings. The Morgan fingerprint density at radius 2 is 1.85 bits per heavy atom. The highest BCUT2D eigenvalue weighted by Crippen LogP contribution is 2.04. The maximum absolute atomic E-state index is 11.0. The minimum atomic E-state index is -0.268. The lowest BCUT2D eigenvalue weighted by molar-refractivity contribution is -0.117. The minimum absolute atomic E-state index is 0.268. The van der Waals surface area contributed by atoms with E-state index in [1.165, 1.54) is 6.08 Å². The highest BCUT2D eigenvalue weighted by Gasteiger charge is 1.98. The lowest BCUT2D eigenvalue weighted by atomic mass is 10.2. The summed E-state index contributed by atoms with van der Waals surface area (Å²) in [6.07, 6.45) is 3.12. The highest BCUT2D eigenvalue weighted by atomic mass is 32.2. The normalized spacial score (nSPS) is 10.3. The third-order valence-electron chi connectivity index (χ3n) is 1.42. The molecule has 0 saturated carbocycles. The Balaban J connectivity index is 2.64. The van der Waals surface area contributed by atoms with Crippen molar-refractivity contribution in [1.82, 2.24) is 3.71 Å². The molecule has 0 heterocycles. The van der Waals surface area contributed by atoms with Gasteiger partial charge in [-0.3, -0.25) is 4.79 Å². The van der Waals surface area contributed by atoms with E-state index >= 15 is 0 Å². The second kappa shape index (κ2) is 4.99. The summed E-state index contributed by atoms with van der Waals surface area (Å²) in [5.41, 5.74) is 0.972. The van der Waals surface area contributed by atoms with Gasteiger partial charge in [0.25, 0.3) is 5.91 Å². The average Bonchev–Trinajstić information content (AvgIpc) is 2.15. The molecule has 0 aromatic heterocycles. The molecule has 68 valence electrons. The summed E-state index contributed by atoms with van der Waals surface area (Å²) in [6.45, 7) is 0. The van der Waals surface area contributed by atoms with Gasteiger partial charge >= 0.3 is 0 Å². The van der Waals surface area contributed by atoms with E-state index in [2.05, 4.69) is 25.6 Å². The Morgan fingerprint density at radius 3 is 2.38 bits per heavy atom. The molecular weight excluding hydrogens is 202 g/mol. The molecule has 0 unspecified atom stereocenters. The van der Waals surface area contributed by atoms with Crippen LogP contribution in [0.4, 0.5) is 0 Å². The van der Waals surface area contributed by atoms with E-state index in [1.54, 1.807) is 6.08 Å². The van der Waals surface area contributed by atoms with Crippen molar-refractivity contribution in [1.29, 1.82) is 0 Å². The summed E-state index contributed by atoms with van der Waals surface area (Å²) in [5.74, 6) is -0.268. The molecule has 0 aliphatic heterocycles. The number of amides is 1. The third kappa shape index (κ3) is 3.57. The van der Waals surface area contributed by atoms with E-state index < -0.39 is 0 Å². The summed E-state index contributed by atoms with van der Waals surface area (Å²) in [5, 5.41) is 0. The van der Waals surface area contributed by atoms with Crippen LogP contribution in [0.5, 0.6) is 0 Å². The Labute approximate surface area is 88.3 Å². The summed E-state index contributed by atoms with van der Waals surface area (Å²) < 4.78 is 0.930. The molecule has 0 fully saturated rings. The van der Waals surface area contributed by atoms with Crippen molar-refractivity contribution >= 4 is 37.6 Å². The van der Waals surface area contributed by atoms with Crippen LogP contribution in [-0.2, 0) is 4.79 Å². The smallest absolute Gasteiger partial charge is 0.266 e. The molecule has 1 amide bonds. The van der Waals surface area contributed by atoms with Gasteiger partial charge in [-0.1, -0.05) is 56.0 Å². The van der Waals surface area contributed by atoms with E-state index in [0.717, 1.165) is 9.27 Å². The van der Waals surface area contributed by atoms with E-state index in [-0.39, 0.29) is 5.91 Å². The fourth-order valence-corrected chi connectivity index (χ4v) is 0.932. The monoisotopic (exact) mass is 211 g/mol.